The average molecular weight is 367 g/mol. The zero-order valence-corrected chi connectivity index (χ0v) is 15.1. The van der Waals surface area contributed by atoms with Crippen LogP contribution in [-0.2, 0) is 16.8 Å². The van der Waals surface area contributed by atoms with Gasteiger partial charge in [-0.1, -0.05) is 25.5 Å². The van der Waals surface area contributed by atoms with Crippen LogP contribution in [0.25, 0.3) is 0 Å². The van der Waals surface area contributed by atoms with Crippen LogP contribution in [0, 0.1) is 5.82 Å². The molecule has 0 spiro atoms. The second-order valence-electron chi connectivity index (χ2n) is 5.57. The summed E-state index contributed by atoms with van der Waals surface area (Å²) >= 11 is 0. The molecular weight excluding hydrogens is 345 g/mol. The highest BCUT2D eigenvalue weighted by Gasteiger charge is 2.16. The number of pyridine rings is 1. The molecule has 0 aliphatic rings. The minimum atomic E-state index is -3.51. The number of hydrogen-bond donors (Lipinski definition) is 1. The van der Waals surface area contributed by atoms with Crippen molar-refractivity contribution in [1.29, 1.82) is 0 Å². The molecule has 2 rings (SSSR count). The second-order valence-corrected chi connectivity index (χ2v) is 7.43. The first-order valence-corrected chi connectivity index (χ1v) is 9.44. The molecule has 0 bridgehead atoms. The molecule has 1 N–H and O–H groups in total. The minimum Gasteiger partial charge on any atom is -0.439 e. The van der Waals surface area contributed by atoms with Gasteiger partial charge in [0, 0.05) is 38.5 Å². The van der Waals surface area contributed by atoms with E-state index >= 15 is 0 Å². The predicted molar refractivity (Wildman–Crippen MR) is 94.0 cm³/mol. The molecule has 1 aromatic heterocycles. The fraction of sp³-hybridized carbons (Fsp3) is 0.353. The smallest absolute Gasteiger partial charge is 0.279 e. The number of unbranched alkanes of at least 4 members (excludes halogenated alkanes) is 1. The van der Waals surface area contributed by atoms with Crippen LogP contribution in [0.2, 0.25) is 0 Å². The Hall–Kier alpha value is -2.03. The van der Waals surface area contributed by atoms with Crippen LogP contribution in [0.5, 0.6) is 11.6 Å². The Labute approximate surface area is 147 Å². The maximum Gasteiger partial charge on any atom is 0.279 e. The normalized spacial score (nSPS) is 11.7. The van der Waals surface area contributed by atoms with Crippen molar-refractivity contribution in [3.05, 3.63) is 54.0 Å². The Balaban J connectivity index is 1.92. The molecule has 1 aromatic carbocycles. The van der Waals surface area contributed by atoms with E-state index in [-0.39, 0.29) is 6.54 Å². The Bertz CT molecular complexity index is 782. The first kappa shape index (κ1) is 19.3. The lowest BCUT2D eigenvalue weighted by molar-refractivity contribution is 0.448. The van der Waals surface area contributed by atoms with Crippen LogP contribution in [0.1, 0.15) is 25.3 Å². The molecular formula is C17H22FN3O3S. The quantitative estimate of drug-likeness (QED) is 0.739. The average Bonchev–Trinajstić information content (AvgIpc) is 2.59. The molecule has 0 atom stereocenters. The Morgan fingerprint density at radius 2 is 2.08 bits per heavy atom. The van der Waals surface area contributed by atoms with Gasteiger partial charge in [0.2, 0.25) is 5.88 Å². The highest BCUT2D eigenvalue weighted by Crippen LogP contribution is 2.20. The molecule has 0 unspecified atom stereocenters. The van der Waals surface area contributed by atoms with E-state index in [1.807, 2.05) is 6.92 Å². The summed E-state index contributed by atoms with van der Waals surface area (Å²) in [5.41, 5.74) is 0.694. The molecule has 0 saturated carbocycles. The zero-order chi connectivity index (χ0) is 18.3. The first-order chi connectivity index (χ1) is 11.9. The van der Waals surface area contributed by atoms with Gasteiger partial charge < -0.3 is 4.74 Å². The van der Waals surface area contributed by atoms with Gasteiger partial charge in [0.25, 0.3) is 10.2 Å². The van der Waals surface area contributed by atoms with Crippen molar-refractivity contribution in [3.63, 3.8) is 0 Å². The highest BCUT2D eigenvalue weighted by molar-refractivity contribution is 7.87. The Kier molecular flexibility index (Phi) is 6.86. The molecule has 0 aliphatic heterocycles. The number of hydrogen-bond acceptors (Lipinski definition) is 4. The van der Waals surface area contributed by atoms with Crippen LogP contribution in [-0.4, -0.2) is 31.3 Å². The number of nitrogens with zero attached hydrogens (tertiary/aromatic N) is 2. The van der Waals surface area contributed by atoms with E-state index in [1.165, 1.54) is 22.6 Å². The summed E-state index contributed by atoms with van der Waals surface area (Å²) in [7, 11) is -1.96. The van der Waals surface area contributed by atoms with Gasteiger partial charge in [0.1, 0.15) is 11.6 Å². The van der Waals surface area contributed by atoms with Crippen molar-refractivity contribution in [2.24, 2.45) is 0 Å². The van der Waals surface area contributed by atoms with Gasteiger partial charge in [-0.2, -0.15) is 17.4 Å². The first-order valence-electron chi connectivity index (χ1n) is 8.00. The van der Waals surface area contributed by atoms with Crippen LogP contribution >= 0.6 is 0 Å². The summed E-state index contributed by atoms with van der Waals surface area (Å²) < 4.78 is 46.6. The van der Waals surface area contributed by atoms with Crippen LogP contribution in [0.15, 0.2) is 42.6 Å². The molecule has 0 radical (unpaired) electrons. The number of ether oxygens (including phenoxy) is 1. The SMILES string of the molecule is CCCCN(C)S(=O)(=O)NCc1ccc(Oc2cccc(F)c2)nc1. The minimum absolute atomic E-state index is 0.131. The molecule has 6 nitrogen and oxygen atoms in total. The van der Waals surface area contributed by atoms with Crippen molar-refractivity contribution >= 4 is 10.2 Å². The lowest BCUT2D eigenvalue weighted by Gasteiger charge is -2.17. The fourth-order valence-corrected chi connectivity index (χ4v) is 2.95. The molecule has 8 heteroatoms. The topological polar surface area (TPSA) is 71.5 Å². The van der Waals surface area contributed by atoms with E-state index in [0.717, 1.165) is 12.8 Å². The van der Waals surface area contributed by atoms with Crippen LogP contribution < -0.4 is 9.46 Å². The Morgan fingerprint density at radius 1 is 1.28 bits per heavy atom. The van der Waals surface area contributed by atoms with E-state index in [0.29, 0.717) is 23.7 Å². The summed E-state index contributed by atoms with van der Waals surface area (Å²) in [5, 5.41) is 0. The molecule has 2 aromatic rings. The van der Waals surface area contributed by atoms with Crippen molar-refractivity contribution < 1.29 is 17.5 Å². The summed E-state index contributed by atoms with van der Waals surface area (Å²) in [6.07, 6.45) is 3.25. The lowest BCUT2D eigenvalue weighted by atomic mass is 10.3. The molecule has 1 heterocycles. The molecule has 0 aliphatic carbocycles. The number of benzene rings is 1. The van der Waals surface area contributed by atoms with Crippen LogP contribution in [0.4, 0.5) is 4.39 Å². The monoisotopic (exact) mass is 367 g/mol. The molecule has 25 heavy (non-hydrogen) atoms. The number of rotatable bonds is 9. The summed E-state index contributed by atoms with van der Waals surface area (Å²) in [6.45, 7) is 2.61. The summed E-state index contributed by atoms with van der Waals surface area (Å²) in [5.74, 6) is 0.256. The number of nitrogens with one attached hydrogen (secondary N) is 1. The Morgan fingerprint density at radius 3 is 2.72 bits per heavy atom. The molecule has 136 valence electrons. The summed E-state index contributed by atoms with van der Waals surface area (Å²) in [6, 6.07) is 9.07. The van der Waals surface area contributed by atoms with E-state index in [1.54, 1.807) is 31.3 Å². The van der Waals surface area contributed by atoms with Gasteiger partial charge in [0.15, 0.2) is 0 Å². The number of aromatic nitrogens is 1. The third-order valence-corrected chi connectivity index (χ3v) is 5.02. The highest BCUT2D eigenvalue weighted by atomic mass is 32.2. The van der Waals surface area contributed by atoms with E-state index in [9.17, 15) is 12.8 Å². The van der Waals surface area contributed by atoms with Crippen molar-refractivity contribution in [2.75, 3.05) is 13.6 Å². The third kappa shape index (κ3) is 6.08. The maximum absolute atomic E-state index is 13.1. The molecule has 0 fully saturated rings. The van der Waals surface area contributed by atoms with Gasteiger partial charge in [-0.15, -0.1) is 0 Å². The van der Waals surface area contributed by atoms with Crippen molar-refractivity contribution in [2.45, 2.75) is 26.3 Å². The fourth-order valence-electron chi connectivity index (χ4n) is 2.01. The van der Waals surface area contributed by atoms with E-state index < -0.39 is 16.0 Å². The predicted octanol–water partition coefficient (Wildman–Crippen LogP) is 3.08. The maximum atomic E-state index is 13.1. The summed E-state index contributed by atoms with van der Waals surface area (Å²) in [4.78, 5) is 4.11. The largest absolute Gasteiger partial charge is 0.439 e. The van der Waals surface area contributed by atoms with Gasteiger partial charge in [-0.3, -0.25) is 0 Å². The third-order valence-electron chi connectivity index (χ3n) is 3.51. The van der Waals surface area contributed by atoms with Gasteiger partial charge in [-0.25, -0.2) is 9.37 Å². The second kappa shape index (κ2) is 8.89. The van der Waals surface area contributed by atoms with Gasteiger partial charge >= 0.3 is 0 Å². The standard InChI is InChI=1S/C17H22FN3O3S/c1-3-4-10-21(2)25(22,23)20-13-14-8-9-17(19-12-14)24-16-7-5-6-15(18)11-16/h5-9,11-12,20H,3-4,10,13H2,1-2H3. The molecule has 0 saturated heterocycles. The zero-order valence-electron chi connectivity index (χ0n) is 14.3. The van der Waals surface area contributed by atoms with Crippen molar-refractivity contribution in [1.82, 2.24) is 14.0 Å². The molecule has 0 amide bonds. The van der Waals surface area contributed by atoms with E-state index in [2.05, 4.69) is 9.71 Å². The van der Waals surface area contributed by atoms with Gasteiger partial charge in [-0.05, 0) is 24.1 Å². The van der Waals surface area contributed by atoms with E-state index in [4.69, 9.17) is 4.74 Å². The van der Waals surface area contributed by atoms with Crippen LogP contribution in [0.3, 0.4) is 0 Å². The van der Waals surface area contributed by atoms with Gasteiger partial charge in [0.05, 0.1) is 0 Å². The lowest BCUT2D eigenvalue weighted by Crippen LogP contribution is -2.38. The van der Waals surface area contributed by atoms with Crippen molar-refractivity contribution in [3.8, 4) is 11.6 Å². The number of halogens is 1.